The Labute approximate surface area is 132 Å². The molecule has 2 aromatic rings. The summed E-state index contributed by atoms with van der Waals surface area (Å²) in [5.41, 5.74) is 3.59. The molecule has 1 aromatic heterocycles. The second kappa shape index (κ2) is 6.45. The monoisotopic (exact) mass is 351 g/mol. The third-order valence-electron chi connectivity index (χ3n) is 3.38. The minimum atomic E-state index is -0.618. The topological polar surface area (TPSA) is 62.3 Å². The van der Waals surface area contributed by atoms with E-state index in [2.05, 4.69) is 20.9 Å². The Hall–Kier alpha value is -1.59. The highest BCUT2D eigenvalue weighted by Gasteiger charge is 2.20. The maximum atomic E-state index is 12.2. The van der Waals surface area contributed by atoms with Crippen molar-refractivity contribution in [1.82, 2.24) is 4.98 Å². The van der Waals surface area contributed by atoms with E-state index in [0.717, 1.165) is 26.9 Å². The number of hydrogen-bond donors (Lipinski definition) is 2. The maximum Gasteiger partial charge on any atom is 0.355 e. The lowest BCUT2D eigenvalue weighted by molar-refractivity contribution is 0.0465. The lowest BCUT2D eigenvalue weighted by Gasteiger charge is -2.06. The third-order valence-corrected chi connectivity index (χ3v) is 3.87. The molecule has 1 heterocycles. The van der Waals surface area contributed by atoms with Crippen molar-refractivity contribution in [3.63, 3.8) is 0 Å². The first-order chi connectivity index (χ1) is 9.90. The van der Waals surface area contributed by atoms with Gasteiger partial charge in [-0.05, 0) is 44.0 Å². The fourth-order valence-electron chi connectivity index (χ4n) is 2.44. The lowest BCUT2D eigenvalue weighted by atomic mass is 10.1. The molecule has 5 heteroatoms. The SMILES string of the molecule is Cc1[nH]c(C(=O)OCc2cccc(Br)c2)c(C)c1[C@H](C)O. The Morgan fingerprint density at radius 2 is 2.14 bits per heavy atom. The summed E-state index contributed by atoms with van der Waals surface area (Å²) in [7, 11) is 0. The van der Waals surface area contributed by atoms with E-state index in [1.807, 2.05) is 31.2 Å². The van der Waals surface area contributed by atoms with E-state index in [1.165, 1.54) is 0 Å². The van der Waals surface area contributed by atoms with E-state index < -0.39 is 12.1 Å². The second-order valence-corrected chi connectivity index (χ2v) is 5.96. The van der Waals surface area contributed by atoms with Crippen LogP contribution >= 0.6 is 15.9 Å². The van der Waals surface area contributed by atoms with Crippen molar-refractivity contribution >= 4 is 21.9 Å². The molecular weight excluding hydrogens is 334 g/mol. The molecule has 0 spiro atoms. The van der Waals surface area contributed by atoms with E-state index in [4.69, 9.17) is 4.74 Å². The maximum absolute atomic E-state index is 12.2. The average molecular weight is 352 g/mol. The summed E-state index contributed by atoms with van der Waals surface area (Å²) in [6.45, 7) is 5.53. The minimum absolute atomic E-state index is 0.208. The van der Waals surface area contributed by atoms with Gasteiger partial charge in [-0.15, -0.1) is 0 Å². The smallest absolute Gasteiger partial charge is 0.355 e. The molecule has 2 rings (SSSR count). The Bertz CT molecular complexity index is 662. The first kappa shape index (κ1) is 15.8. The highest BCUT2D eigenvalue weighted by molar-refractivity contribution is 9.10. The van der Waals surface area contributed by atoms with Gasteiger partial charge in [0.1, 0.15) is 12.3 Å². The van der Waals surface area contributed by atoms with E-state index >= 15 is 0 Å². The number of rotatable bonds is 4. The summed E-state index contributed by atoms with van der Waals surface area (Å²) in [6, 6.07) is 7.61. The lowest BCUT2D eigenvalue weighted by Crippen LogP contribution is -2.07. The minimum Gasteiger partial charge on any atom is -0.456 e. The van der Waals surface area contributed by atoms with E-state index in [0.29, 0.717) is 5.69 Å². The van der Waals surface area contributed by atoms with Crippen molar-refractivity contribution in [2.45, 2.75) is 33.5 Å². The molecule has 0 aliphatic carbocycles. The van der Waals surface area contributed by atoms with Crippen LogP contribution in [0, 0.1) is 13.8 Å². The molecule has 21 heavy (non-hydrogen) atoms. The van der Waals surface area contributed by atoms with Gasteiger partial charge >= 0.3 is 5.97 Å². The van der Waals surface area contributed by atoms with Crippen molar-refractivity contribution in [2.75, 3.05) is 0 Å². The normalized spacial score (nSPS) is 12.2. The number of nitrogens with one attached hydrogen (secondary N) is 1. The summed E-state index contributed by atoms with van der Waals surface area (Å²) in [6.07, 6.45) is -0.618. The predicted molar refractivity (Wildman–Crippen MR) is 84.2 cm³/mol. The van der Waals surface area contributed by atoms with Gasteiger partial charge in [-0.1, -0.05) is 28.1 Å². The molecule has 0 bridgehead atoms. The van der Waals surface area contributed by atoms with Gasteiger partial charge in [0.25, 0.3) is 0 Å². The van der Waals surface area contributed by atoms with Crippen LogP contribution in [0.1, 0.15) is 45.9 Å². The number of aryl methyl sites for hydroxylation is 1. The number of aromatic nitrogens is 1. The Kier molecular flexibility index (Phi) is 4.85. The number of esters is 1. The van der Waals surface area contributed by atoms with Crippen LogP contribution in [0.25, 0.3) is 0 Å². The number of aliphatic hydroxyl groups is 1. The molecule has 2 N–H and O–H groups in total. The number of carbonyl (C=O) groups excluding carboxylic acids is 1. The van der Waals surface area contributed by atoms with Gasteiger partial charge in [0.05, 0.1) is 6.10 Å². The van der Waals surface area contributed by atoms with Crippen molar-refractivity contribution in [3.8, 4) is 0 Å². The average Bonchev–Trinajstić information content (AvgIpc) is 2.71. The van der Waals surface area contributed by atoms with Crippen LogP contribution in [0.2, 0.25) is 0 Å². The van der Waals surface area contributed by atoms with Gasteiger partial charge in [-0.2, -0.15) is 0 Å². The number of hydrogen-bond acceptors (Lipinski definition) is 3. The molecule has 0 radical (unpaired) electrons. The van der Waals surface area contributed by atoms with Gasteiger partial charge in [0, 0.05) is 15.7 Å². The van der Waals surface area contributed by atoms with E-state index in [-0.39, 0.29) is 6.61 Å². The van der Waals surface area contributed by atoms with Crippen molar-refractivity contribution < 1.29 is 14.6 Å². The number of aromatic amines is 1. The summed E-state index contributed by atoms with van der Waals surface area (Å²) in [4.78, 5) is 15.2. The van der Waals surface area contributed by atoms with Crippen molar-refractivity contribution in [1.29, 1.82) is 0 Å². The molecule has 0 unspecified atom stereocenters. The van der Waals surface area contributed by atoms with Crippen LogP contribution in [0.15, 0.2) is 28.7 Å². The van der Waals surface area contributed by atoms with Gasteiger partial charge in [0.15, 0.2) is 0 Å². The third kappa shape index (κ3) is 3.54. The van der Waals surface area contributed by atoms with Crippen LogP contribution in [-0.4, -0.2) is 16.1 Å². The summed E-state index contributed by atoms with van der Waals surface area (Å²) >= 11 is 3.38. The van der Waals surface area contributed by atoms with Crippen molar-refractivity contribution in [3.05, 3.63) is 56.8 Å². The number of H-pyrrole nitrogens is 1. The Morgan fingerprint density at radius 3 is 2.71 bits per heavy atom. The number of aliphatic hydroxyl groups excluding tert-OH is 1. The highest BCUT2D eigenvalue weighted by atomic mass is 79.9. The second-order valence-electron chi connectivity index (χ2n) is 5.05. The standard InChI is InChI=1S/C16H18BrNO3/c1-9-14(11(3)19)10(2)18-15(9)16(20)21-8-12-5-4-6-13(17)7-12/h4-7,11,18-19H,8H2,1-3H3/t11-/m0/s1. The van der Waals surface area contributed by atoms with Crippen LogP contribution in [0.5, 0.6) is 0 Å². The van der Waals surface area contributed by atoms with Crippen LogP contribution in [-0.2, 0) is 11.3 Å². The van der Waals surface area contributed by atoms with Gasteiger partial charge < -0.3 is 14.8 Å². The Balaban J connectivity index is 2.12. The fraction of sp³-hybridized carbons (Fsp3) is 0.312. The molecule has 4 nitrogen and oxygen atoms in total. The molecule has 1 aromatic carbocycles. The van der Waals surface area contributed by atoms with Gasteiger partial charge in [-0.25, -0.2) is 4.79 Å². The molecule has 0 aliphatic rings. The molecule has 0 aliphatic heterocycles. The van der Waals surface area contributed by atoms with E-state index in [1.54, 1.807) is 13.8 Å². The highest BCUT2D eigenvalue weighted by Crippen LogP contribution is 2.25. The predicted octanol–water partition coefficient (Wildman–Crippen LogP) is 3.80. The first-order valence-corrected chi connectivity index (χ1v) is 7.48. The van der Waals surface area contributed by atoms with Crippen LogP contribution in [0.3, 0.4) is 0 Å². The Morgan fingerprint density at radius 1 is 1.43 bits per heavy atom. The quantitative estimate of drug-likeness (QED) is 0.823. The molecule has 0 saturated carbocycles. The van der Waals surface area contributed by atoms with Crippen LogP contribution in [0.4, 0.5) is 0 Å². The van der Waals surface area contributed by atoms with Crippen molar-refractivity contribution in [2.24, 2.45) is 0 Å². The molecule has 0 amide bonds. The van der Waals surface area contributed by atoms with E-state index in [9.17, 15) is 9.90 Å². The number of ether oxygens (including phenoxy) is 1. The number of carbonyl (C=O) groups is 1. The summed E-state index contributed by atoms with van der Waals surface area (Å²) < 4.78 is 6.27. The zero-order chi connectivity index (χ0) is 15.6. The number of benzene rings is 1. The molecular formula is C16H18BrNO3. The van der Waals surface area contributed by atoms with Gasteiger partial charge in [-0.3, -0.25) is 0 Å². The number of halogens is 1. The zero-order valence-corrected chi connectivity index (χ0v) is 13.8. The van der Waals surface area contributed by atoms with Crippen LogP contribution < -0.4 is 0 Å². The van der Waals surface area contributed by atoms with Gasteiger partial charge in [0.2, 0.25) is 0 Å². The summed E-state index contributed by atoms with van der Waals surface area (Å²) in [5.74, 6) is -0.414. The first-order valence-electron chi connectivity index (χ1n) is 6.69. The zero-order valence-electron chi connectivity index (χ0n) is 12.2. The molecule has 0 fully saturated rings. The molecule has 0 saturated heterocycles. The molecule has 112 valence electrons. The molecule has 1 atom stereocenters. The fourth-order valence-corrected chi connectivity index (χ4v) is 2.89. The largest absolute Gasteiger partial charge is 0.456 e. The summed E-state index contributed by atoms with van der Waals surface area (Å²) in [5, 5.41) is 9.74.